The summed E-state index contributed by atoms with van der Waals surface area (Å²) in [5, 5.41) is 25.7. The van der Waals surface area contributed by atoms with Crippen LogP contribution in [0.3, 0.4) is 0 Å². The third-order valence-electron chi connectivity index (χ3n) is 6.64. The Labute approximate surface area is 240 Å². The lowest BCUT2D eigenvalue weighted by molar-refractivity contribution is -0.384. The minimum Gasteiger partial charge on any atom is -0.465 e. The van der Waals surface area contributed by atoms with Crippen molar-refractivity contribution in [3.05, 3.63) is 86.7 Å². The number of carbonyl (C=O) groups is 3. The highest BCUT2D eigenvalue weighted by atomic mass is 32.2. The van der Waals surface area contributed by atoms with E-state index >= 15 is 0 Å². The minimum absolute atomic E-state index is 0.0237. The fourth-order valence-electron chi connectivity index (χ4n) is 4.66. The van der Waals surface area contributed by atoms with E-state index in [4.69, 9.17) is 10.1 Å². The first-order valence-electron chi connectivity index (χ1n) is 13.0. The Morgan fingerprint density at radius 3 is 2.66 bits per heavy atom. The average molecular weight is 579 g/mol. The lowest BCUT2D eigenvalue weighted by Crippen LogP contribution is -2.51. The van der Waals surface area contributed by atoms with E-state index in [1.807, 2.05) is 0 Å². The zero-order valence-electron chi connectivity index (χ0n) is 22.7. The van der Waals surface area contributed by atoms with E-state index in [2.05, 4.69) is 10.4 Å². The number of thioether (sulfide) groups is 1. The fraction of sp³-hybridized carbons (Fsp3) is 0.321. The number of rotatable bonds is 11. The number of amides is 2. The van der Waals surface area contributed by atoms with Gasteiger partial charge >= 0.3 is 5.97 Å². The summed E-state index contributed by atoms with van der Waals surface area (Å²) in [4.78, 5) is 52.1. The molecule has 214 valence electrons. The first-order valence-corrected chi connectivity index (χ1v) is 13.9. The highest BCUT2D eigenvalue weighted by molar-refractivity contribution is 8.12. The molecule has 13 heteroatoms. The number of nitro groups is 1. The second-order valence-electron chi connectivity index (χ2n) is 9.48. The van der Waals surface area contributed by atoms with Crippen LogP contribution in [-0.2, 0) is 40.3 Å². The monoisotopic (exact) mass is 578 g/mol. The highest BCUT2D eigenvalue weighted by Crippen LogP contribution is 2.22. The number of fused-ring (bicyclic) bond motifs is 1. The quantitative estimate of drug-likeness (QED) is 0.0875. The Hall–Kier alpha value is -4.52. The maximum atomic E-state index is 13.8. The number of ether oxygens (including phenoxy) is 1. The molecule has 0 radical (unpaired) electrons. The van der Waals surface area contributed by atoms with E-state index in [0.717, 1.165) is 16.2 Å². The van der Waals surface area contributed by atoms with Crippen molar-refractivity contribution in [3.8, 4) is 0 Å². The van der Waals surface area contributed by atoms with Crippen molar-refractivity contribution in [2.45, 2.75) is 50.7 Å². The molecular formula is C28H30N6O6S. The van der Waals surface area contributed by atoms with Gasteiger partial charge in [0.1, 0.15) is 12.6 Å². The van der Waals surface area contributed by atoms with Gasteiger partial charge in [0.25, 0.3) is 11.6 Å². The summed E-state index contributed by atoms with van der Waals surface area (Å²) in [5.41, 5.74) is 4.51. The summed E-state index contributed by atoms with van der Waals surface area (Å²) in [5.74, 6) is -1.12. The van der Waals surface area contributed by atoms with E-state index < -0.39 is 22.8 Å². The number of benzene rings is 2. The number of nitro benzene ring substituents is 1. The average Bonchev–Trinajstić information content (AvgIpc) is 3.34. The van der Waals surface area contributed by atoms with Gasteiger partial charge < -0.3 is 20.4 Å². The number of hydrogen-bond acceptors (Lipinski definition) is 9. The molecule has 1 aromatic heterocycles. The molecule has 1 atom stereocenters. The summed E-state index contributed by atoms with van der Waals surface area (Å²) in [6.45, 7) is 4.41. The number of non-ortho nitro benzene ring substituents is 1. The molecule has 2 aromatic carbocycles. The predicted octanol–water partition coefficient (Wildman–Crippen LogP) is 3.29. The van der Waals surface area contributed by atoms with Gasteiger partial charge in [-0.1, -0.05) is 23.9 Å². The summed E-state index contributed by atoms with van der Waals surface area (Å²) in [6, 6.07) is 10.2. The molecule has 4 rings (SSSR count). The zero-order valence-corrected chi connectivity index (χ0v) is 23.5. The van der Waals surface area contributed by atoms with Crippen molar-refractivity contribution in [1.29, 1.82) is 5.41 Å². The topological polar surface area (TPSA) is 161 Å². The molecule has 0 fully saturated rings. The van der Waals surface area contributed by atoms with Gasteiger partial charge in [-0.05, 0) is 43.2 Å². The van der Waals surface area contributed by atoms with E-state index in [9.17, 15) is 24.5 Å². The first kappa shape index (κ1) is 29.5. The highest BCUT2D eigenvalue weighted by Gasteiger charge is 2.31. The molecule has 1 aliphatic rings. The Kier molecular flexibility index (Phi) is 9.50. The van der Waals surface area contributed by atoms with Crippen LogP contribution in [0, 0.1) is 22.4 Å². The Morgan fingerprint density at radius 2 is 2.00 bits per heavy atom. The summed E-state index contributed by atoms with van der Waals surface area (Å²) in [6.07, 6.45) is 2.35. The fourth-order valence-corrected chi connectivity index (χ4v) is 5.18. The molecule has 1 aliphatic heterocycles. The van der Waals surface area contributed by atoms with E-state index in [0.29, 0.717) is 29.7 Å². The van der Waals surface area contributed by atoms with E-state index in [1.54, 1.807) is 55.3 Å². The third kappa shape index (κ3) is 7.37. The van der Waals surface area contributed by atoms with Gasteiger partial charge in [-0.15, -0.1) is 0 Å². The number of aryl methyl sites for hydroxylation is 1. The number of esters is 1. The van der Waals surface area contributed by atoms with Crippen LogP contribution in [0.5, 0.6) is 0 Å². The zero-order chi connectivity index (χ0) is 29.5. The van der Waals surface area contributed by atoms with Crippen LogP contribution in [0.25, 0.3) is 0 Å². The molecule has 0 unspecified atom stereocenters. The number of aromatic nitrogens is 2. The predicted molar refractivity (Wildman–Crippen MR) is 152 cm³/mol. The van der Waals surface area contributed by atoms with Crippen molar-refractivity contribution in [1.82, 2.24) is 20.0 Å². The molecule has 0 spiro atoms. The summed E-state index contributed by atoms with van der Waals surface area (Å²) in [7, 11) is 0. The van der Waals surface area contributed by atoms with Gasteiger partial charge in [0.2, 0.25) is 5.91 Å². The molecule has 3 aromatic rings. The molecule has 12 nitrogen and oxygen atoms in total. The van der Waals surface area contributed by atoms with Crippen LogP contribution < -0.4 is 5.32 Å². The van der Waals surface area contributed by atoms with Crippen LogP contribution in [0.1, 0.15) is 39.7 Å². The second-order valence-corrected chi connectivity index (χ2v) is 10.4. The normalized spacial score (nSPS) is 13.2. The molecule has 0 aliphatic carbocycles. The van der Waals surface area contributed by atoms with Crippen LogP contribution >= 0.6 is 11.8 Å². The number of hydrogen-bond donors (Lipinski definition) is 2. The van der Waals surface area contributed by atoms with Crippen LogP contribution in [0.2, 0.25) is 0 Å². The number of carbonyl (C=O) groups excluding carboxylic acids is 3. The van der Waals surface area contributed by atoms with Crippen LogP contribution in [0.4, 0.5) is 5.69 Å². The SMILES string of the molecule is CCOC(=O)Cn1cc2c(n1)CCN(C(=O)[C@H](Cc1ccc([N+](=O)[O-])cc1)NC(=O)c1ccc(SC=N)cc1C)C2. The minimum atomic E-state index is -0.935. The lowest BCUT2D eigenvalue weighted by Gasteiger charge is -2.30. The van der Waals surface area contributed by atoms with Crippen LogP contribution in [-0.4, -0.2) is 62.1 Å². The van der Waals surface area contributed by atoms with Crippen molar-refractivity contribution >= 4 is 40.8 Å². The van der Waals surface area contributed by atoms with Gasteiger partial charge in [0, 0.05) is 60.3 Å². The molecule has 0 saturated carbocycles. The summed E-state index contributed by atoms with van der Waals surface area (Å²) >= 11 is 1.22. The molecule has 2 N–H and O–H groups in total. The van der Waals surface area contributed by atoms with Gasteiger partial charge in [-0.3, -0.25) is 29.2 Å². The molecule has 0 saturated heterocycles. The molecule has 2 amide bonds. The smallest absolute Gasteiger partial charge is 0.327 e. The maximum absolute atomic E-state index is 13.8. The van der Waals surface area contributed by atoms with E-state index in [-0.39, 0.29) is 37.7 Å². The molecule has 2 heterocycles. The van der Waals surface area contributed by atoms with E-state index in [1.165, 1.54) is 34.1 Å². The van der Waals surface area contributed by atoms with Crippen molar-refractivity contribution in [2.24, 2.45) is 0 Å². The Bertz CT molecular complexity index is 1470. The van der Waals surface area contributed by atoms with Gasteiger partial charge in [0.15, 0.2) is 0 Å². The number of nitrogens with zero attached hydrogens (tertiary/aromatic N) is 4. The van der Waals surface area contributed by atoms with Crippen molar-refractivity contribution in [2.75, 3.05) is 13.2 Å². The van der Waals surface area contributed by atoms with Crippen molar-refractivity contribution < 1.29 is 24.0 Å². The molecule has 41 heavy (non-hydrogen) atoms. The van der Waals surface area contributed by atoms with Gasteiger partial charge in [-0.25, -0.2) is 0 Å². The van der Waals surface area contributed by atoms with Gasteiger partial charge in [-0.2, -0.15) is 5.10 Å². The molecule has 0 bridgehead atoms. The number of nitrogens with one attached hydrogen (secondary N) is 2. The largest absolute Gasteiger partial charge is 0.465 e. The first-order chi connectivity index (χ1) is 19.7. The molecular weight excluding hydrogens is 548 g/mol. The second kappa shape index (κ2) is 13.2. The van der Waals surface area contributed by atoms with Crippen LogP contribution in [0.15, 0.2) is 53.6 Å². The summed E-state index contributed by atoms with van der Waals surface area (Å²) < 4.78 is 6.50. The lowest BCUT2D eigenvalue weighted by atomic mass is 10.0. The standard InChI is InChI=1S/C28H30N6O6S/c1-3-40-26(35)16-33-15-20-14-32(11-10-24(20)31-33)28(37)25(13-19-4-6-21(7-5-19)34(38)39)30-27(36)23-9-8-22(41-17-29)12-18(23)2/h4-9,12,15,17,25,29H,3,10-11,13-14,16H2,1-2H3,(H,30,36)/t25-/m0/s1. The van der Waals surface area contributed by atoms with Crippen molar-refractivity contribution in [3.63, 3.8) is 0 Å². The third-order valence-corrected chi connectivity index (χ3v) is 7.28. The Balaban J connectivity index is 1.54. The maximum Gasteiger partial charge on any atom is 0.327 e. The Morgan fingerprint density at radius 1 is 1.24 bits per heavy atom. The van der Waals surface area contributed by atoms with Gasteiger partial charge in [0.05, 0.1) is 22.8 Å².